The first-order valence-corrected chi connectivity index (χ1v) is 6.53. The maximum absolute atomic E-state index is 11.7. The van der Waals surface area contributed by atoms with Crippen LogP contribution in [0.15, 0.2) is 47.1 Å². The molecule has 1 unspecified atom stereocenters. The minimum absolute atomic E-state index is 0.232. The molecule has 0 heterocycles. The van der Waals surface area contributed by atoms with Gasteiger partial charge in [-0.2, -0.15) is 0 Å². The highest BCUT2D eigenvalue weighted by Gasteiger charge is 2.27. The molecule has 2 rings (SSSR count). The summed E-state index contributed by atoms with van der Waals surface area (Å²) < 4.78 is 0. The summed E-state index contributed by atoms with van der Waals surface area (Å²) in [6.45, 7) is 5.92. The van der Waals surface area contributed by atoms with Gasteiger partial charge in [-0.15, -0.1) is 0 Å². The van der Waals surface area contributed by atoms with Crippen LogP contribution in [0.3, 0.4) is 0 Å². The average Bonchev–Trinajstić information content (AvgIpc) is 2.72. The van der Waals surface area contributed by atoms with E-state index >= 15 is 0 Å². The van der Waals surface area contributed by atoms with Crippen LogP contribution in [0.1, 0.15) is 39.2 Å². The maximum atomic E-state index is 11.7. The van der Waals surface area contributed by atoms with Crippen molar-refractivity contribution in [1.82, 2.24) is 0 Å². The number of allylic oxidation sites excluding steroid dienone is 3. The van der Waals surface area contributed by atoms with Gasteiger partial charge in [0.15, 0.2) is 5.78 Å². The Balaban J connectivity index is 2.28. The Bertz CT molecular complexity index is 506. The summed E-state index contributed by atoms with van der Waals surface area (Å²) >= 11 is 0. The summed E-state index contributed by atoms with van der Waals surface area (Å²) in [4.78, 5) is 11.7. The first kappa shape index (κ1) is 12.8. The molecule has 1 aromatic rings. The molecule has 1 aliphatic carbocycles. The predicted octanol–water partition coefficient (Wildman–Crippen LogP) is 4.41. The number of hydrogen-bond donors (Lipinski definition) is 0. The fourth-order valence-electron chi connectivity index (χ4n) is 2.85. The average molecular weight is 240 g/mol. The Kier molecular flexibility index (Phi) is 3.81. The van der Waals surface area contributed by atoms with Crippen LogP contribution in [0.4, 0.5) is 0 Å². The fraction of sp³-hybridized carbons (Fsp3) is 0.353. The normalized spacial score (nSPS) is 20.4. The van der Waals surface area contributed by atoms with E-state index in [9.17, 15) is 4.79 Å². The zero-order valence-electron chi connectivity index (χ0n) is 11.4. The van der Waals surface area contributed by atoms with E-state index in [1.807, 2.05) is 18.2 Å². The molecule has 0 amide bonds. The Morgan fingerprint density at radius 3 is 2.50 bits per heavy atom. The molecule has 0 fully saturated rings. The molecular weight excluding hydrogens is 220 g/mol. The number of carbonyl (C=O) groups excluding carboxylic acids is 1. The van der Waals surface area contributed by atoms with Crippen LogP contribution in [0.25, 0.3) is 6.08 Å². The van der Waals surface area contributed by atoms with Gasteiger partial charge < -0.3 is 0 Å². The molecule has 18 heavy (non-hydrogen) atoms. The summed E-state index contributed by atoms with van der Waals surface area (Å²) in [5, 5.41) is 0. The van der Waals surface area contributed by atoms with Gasteiger partial charge in [-0.3, -0.25) is 4.79 Å². The molecule has 1 atom stereocenters. The van der Waals surface area contributed by atoms with Gasteiger partial charge in [0.1, 0.15) is 0 Å². The lowest BCUT2D eigenvalue weighted by atomic mass is 9.89. The van der Waals surface area contributed by atoms with Gasteiger partial charge in [0, 0.05) is 11.5 Å². The summed E-state index contributed by atoms with van der Waals surface area (Å²) in [5.41, 5.74) is 4.82. The van der Waals surface area contributed by atoms with Gasteiger partial charge in [-0.05, 0) is 39.2 Å². The molecule has 1 heteroatoms. The van der Waals surface area contributed by atoms with Crippen molar-refractivity contribution in [2.45, 2.75) is 33.6 Å². The number of carbonyl (C=O) groups is 1. The van der Waals surface area contributed by atoms with Crippen molar-refractivity contribution in [3.8, 4) is 0 Å². The molecule has 0 spiro atoms. The Labute approximate surface area is 109 Å². The number of ketones is 1. The third kappa shape index (κ3) is 2.61. The lowest BCUT2D eigenvalue weighted by Gasteiger charge is -2.14. The number of benzene rings is 1. The number of Topliss-reactive ketones (excluding diaryl/α,β-unsaturated/α-hetero) is 1. The van der Waals surface area contributed by atoms with Crippen molar-refractivity contribution in [1.29, 1.82) is 0 Å². The standard InChI is InChI=1S/C17H20O/c1-12-9-10-16(17(12)14(3)18)13(2)11-15-7-5-4-6-8-15/h4-8,11,16H,9-10H2,1-3H3/b13-11+. The lowest BCUT2D eigenvalue weighted by Crippen LogP contribution is -2.08. The van der Waals surface area contributed by atoms with Gasteiger partial charge in [-0.25, -0.2) is 0 Å². The second kappa shape index (κ2) is 5.34. The SMILES string of the molecule is CC(=O)C1=C(C)CCC1/C(C)=C/c1ccccc1. The van der Waals surface area contributed by atoms with Crippen molar-refractivity contribution in [3.05, 3.63) is 52.6 Å². The quantitative estimate of drug-likeness (QED) is 0.765. The van der Waals surface area contributed by atoms with Gasteiger partial charge >= 0.3 is 0 Å². The van der Waals surface area contributed by atoms with Crippen LogP contribution in [0.2, 0.25) is 0 Å². The Morgan fingerprint density at radius 2 is 1.89 bits per heavy atom. The Morgan fingerprint density at radius 1 is 1.22 bits per heavy atom. The first-order chi connectivity index (χ1) is 8.59. The van der Waals surface area contributed by atoms with Crippen molar-refractivity contribution < 1.29 is 4.79 Å². The molecule has 0 aromatic heterocycles. The van der Waals surface area contributed by atoms with Gasteiger partial charge in [0.25, 0.3) is 0 Å². The zero-order valence-corrected chi connectivity index (χ0v) is 11.4. The third-order valence-corrected chi connectivity index (χ3v) is 3.74. The summed E-state index contributed by atoms with van der Waals surface area (Å²) in [6.07, 6.45) is 4.33. The summed E-state index contributed by atoms with van der Waals surface area (Å²) in [5.74, 6) is 0.554. The minimum atomic E-state index is 0.232. The van der Waals surface area contributed by atoms with Crippen molar-refractivity contribution in [3.63, 3.8) is 0 Å². The summed E-state index contributed by atoms with van der Waals surface area (Å²) in [7, 11) is 0. The lowest BCUT2D eigenvalue weighted by molar-refractivity contribution is -0.114. The minimum Gasteiger partial charge on any atom is -0.295 e. The molecule has 0 aliphatic heterocycles. The molecule has 0 bridgehead atoms. The van der Waals surface area contributed by atoms with E-state index in [1.54, 1.807) is 6.92 Å². The first-order valence-electron chi connectivity index (χ1n) is 6.53. The number of hydrogen-bond acceptors (Lipinski definition) is 1. The highest BCUT2D eigenvalue weighted by Crippen LogP contribution is 2.37. The third-order valence-electron chi connectivity index (χ3n) is 3.74. The highest BCUT2D eigenvalue weighted by molar-refractivity contribution is 5.95. The van der Waals surface area contributed by atoms with E-state index < -0.39 is 0 Å². The molecule has 1 aliphatic rings. The van der Waals surface area contributed by atoms with Crippen molar-refractivity contribution >= 4 is 11.9 Å². The second-order valence-corrected chi connectivity index (χ2v) is 5.14. The van der Waals surface area contributed by atoms with Crippen LogP contribution >= 0.6 is 0 Å². The van der Waals surface area contributed by atoms with Gasteiger partial charge in [0.05, 0.1) is 0 Å². The molecule has 0 radical (unpaired) electrons. The van der Waals surface area contributed by atoms with Gasteiger partial charge in [0.2, 0.25) is 0 Å². The molecular formula is C17H20O. The van der Waals surface area contributed by atoms with Crippen LogP contribution in [0.5, 0.6) is 0 Å². The molecule has 0 saturated carbocycles. The van der Waals surface area contributed by atoms with E-state index in [0.29, 0.717) is 5.92 Å². The fourth-order valence-corrected chi connectivity index (χ4v) is 2.85. The van der Waals surface area contributed by atoms with Crippen LogP contribution in [-0.4, -0.2) is 5.78 Å². The molecule has 0 saturated heterocycles. The van der Waals surface area contributed by atoms with E-state index in [2.05, 4.69) is 32.1 Å². The van der Waals surface area contributed by atoms with Crippen LogP contribution < -0.4 is 0 Å². The van der Waals surface area contributed by atoms with Crippen LogP contribution in [-0.2, 0) is 4.79 Å². The van der Waals surface area contributed by atoms with Crippen molar-refractivity contribution in [2.24, 2.45) is 5.92 Å². The van der Waals surface area contributed by atoms with E-state index in [4.69, 9.17) is 0 Å². The van der Waals surface area contributed by atoms with Crippen LogP contribution in [0, 0.1) is 5.92 Å². The second-order valence-electron chi connectivity index (χ2n) is 5.14. The largest absolute Gasteiger partial charge is 0.295 e. The van der Waals surface area contributed by atoms with Crippen molar-refractivity contribution in [2.75, 3.05) is 0 Å². The van der Waals surface area contributed by atoms with E-state index in [1.165, 1.54) is 16.7 Å². The highest BCUT2D eigenvalue weighted by atomic mass is 16.1. The zero-order chi connectivity index (χ0) is 13.1. The topological polar surface area (TPSA) is 17.1 Å². The van der Waals surface area contributed by atoms with Gasteiger partial charge in [-0.1, -0.05) is 47.6 Å². The predicted molar refractivity (Wildman–Crippen MR) is 76.2 cm³/mol. The van der Waals surface area contributed by atoms with E-state index in [0.717, 1.165) is 18.4 Å². The smallest absolute Gasteiger partial charge is 0.156 e. The molecule has 94 valence electrons. The van der Waals surface area contributed by atoms with E-state index in [-0.39, 0.29) is 5.78 Å². The monoisotopic (exact) mass is 240 g/mol. The number of rotatable bonds is 3. The molecule has 1 nitrogen and oxygen atoms in total. The maximum Gasteiger partial charge on any atom is 0.156 e. The Hall–Kier alpha value is -1.63. The molecule has 0 N–H and O–H groups in total. The summed E-state index contributed by atoms with van der Waals surface area (Å²) in [6, 6.07) is 10.3. The molecule has 1 aromatic carbocycles.